The van der Waals surface area contributed by atoms with Crippen LogP contribution in [-0.2, 0) is 0 Å². The van der Waals surface area contributed by atoms with Gasteiger partial charge >= 0.3 is 0 Å². The van der Waals surface area contributed by atoms with Gasteiger partial charge in [0.1, 0.15) is 5.76 Å². The lowest BCUT2D eigenvalue weighted by Gasteiger charge is -2.32. The third-order valence-electron chi connectivity index (χ3n) is 3.91. The van der Waals surface area contributed by atoms with Gasteiger partial charge in [-0.1, -0.05) is 5.16 Å². The van der Waals surface area contributed by atoms with E-state index >= 15 is 0 Å². The molecule has 1 aliphatic heterocycles. The number of aromatic nitrogens is 4. The summed E-state index contributed by atoms with van der Waals surface area (Å²) in [5, 5.41) is 11.1. The highest BCUT2D eigenvalue weighted by molar-refractivity contribution is 5.50. The van der Waals surface area contributed by atoms with Crippen molar-refractivity contribution < 1.29 is 4.52 Å². The molecule has 1 atom stereocenters. The number of piperidine rings is 1. The van der Waals surface area contributed by atoms with E-state index in [0.29, 0.717) is 17.4 Å². The Bertz CT molecular complexity index is 567. The lowest BCUT2D eigenvalue weighted by Crippen LogP contribution is -2.40. The largest absolute Gasteiger partial charge is 0.361 e. The van der Waals surface area contributed by atoms with Gasteiger partial charge in [-0.05, 0) is 32.6 Å². The summed E-state index contributed by atoms with van der Waals surface area (Å²) in [5.41, 5.74) is 6.65. The second kappa shape index (κ2) is 5.24. The maximum atomic E-state index is 5.96. The molecule has 3 rings (SSSR count). The maximum absolute atomic E-state index is 5.96. The van der Waals surface area contributed by atoms with Crippen LogP contribution in [0.4, 0.5) is 5.95 Å². The summed E-state index contributed by atoms with van der Waals surface area (Å²) in [6, 6.07) is 2.10. The summed E-state index contributed by atoms with van der Waals surface area (Å²) in [7, 11) is 0. The zero-order valence-electron chi connectivity index (χ0n) is 11.8. The molecule has 0 amide bonds. The first-order chi connectivity index (χ1) is 9.63. The molecule has 0 bridgehead atoms. The Morgan fingerprint density at radius 2 is 2.20 bits per heavy atom. The zero-order valence-corrected chi connectivity index (χ0v) is 11.8. The lowest BCUT2D eigenvalue weighted by molar-refractivity contribution is 0.352. The van der Waals surface area contributed by atoms with E-state index in [1.165, 1.54) is 0 Å². The molecule has 0 aliphatic carbocycles. The first-order valence-corrected chi connectivity index (χ1v) is 7.00. The van der Waals surface area contributed by atoms with Gasteiger partial charge < -0.3 is 15.2 Å². The molecule has 7 nitrogen and oxygen atoms in total. The molecule has 1 fully saturated rings. The molecule has 0 spiro atoms. The van der Waals surface area contributed by atoms with Crippen molar-refractivity contribution in [3.8, 4) is 11.5 Å². The van der Waals surface area contributed by atoms with Crippen molar-refractivity contribution in [3.05, 3.63) is 11.8 Å². The number of aromatic amines is 1. The average Bonchev–Trinajstić information content (AvgIpc) is 3.07. The SMILES string of the molecule is Cc1cc(-c2nc(N3CCC(C(C)N)CC3)n[nH]2)no1. The van der Waals surface area contributed by atoms with Crippen LogP contribution in [0.3, 0.4) is 0 Å². The normalized spacial score (nSPS) is 18.4. The summed E-state index contributed by atoms with van der Waals surface area (Å²) in [6.45, 7) is 5.83. The first-order valence-electron chi connectivity index (χ1n) is 7.00. The fraction of sp³-hybridized carbons (Fsp3) is 0.615. The fourth-order valence-corrected chi connectivity index (χ4v) is 2.61. The van der Waals surface area contributed by atoms with Gasteiger partial charge in [-0.3, -0.25) is 5.10 Å². The number of hydrogen-bond acceptors (Lipinski definition) is 6. The van der Waals surface area contributed by atoms with Gasteiger partial charge in [-0.2, -0.15) is 4.98 Å². The molecule has 1 unspecified atom stereocenters. The fourth-order valence-electron chi connectivity index (χ4n) is 2.61. The number of H-pyrrole nitrogens is 1. The molecule has 108 valence electrons. The van der Waals surface area contributed by atoms with E-state index in [-0.39, 0.29) is 6.04 Å². The minimum absolute atomic E-state index is 0.262. The molecule has 0 aromatic carbocycles. The third-order valence-corrected chi connectivity index (χ3v) is 3.91. The molecule has 2 aromatic rings. The Labute approximate surface area is 117 Å². The number of aryl methyl sites for hydroxylation is 1. The van der Waals surface area contributed by atoms with Crippen molar-refractivity contribution in [2.75, 3.05) is 18.0 Å². The quantitative estimate of drug-likeness (QED) is 0.878. The standard InChI is InChI=1S/C13H20N6O/c1-8-7-11(18-20-8)12-15-13(17-16-12)19-5-3-10(4-6-19)9(2)14/h7,9-10H,3-6,14H2,1-2H3,(H,15,16,17). The van der Waals surface area contributed by atoms with E-state index in [9.17, 15) is 0 Å². The molecule has 7 heteroatoms. The van der Waals surface area contributed by atoms with Gasteiger partial charge in [0, 0.05) is 25.2 Å². The highest BCUT2D eigenvalue weighted by Crippen LogP contribution is 2.24. The number of anilines is 1. The van der Waals surface area contributed by atoms with Crippen LogP contribution in [0.2, 0.25) is 0 Å². The molecule has 20 heavy (non-hydrogen) atoms. The van der Waals surface area contributed by atoms with Crippen molar-refractivity contribution in [1.82, 2.24) is 20.3 Å². The molecule has 2 aromatic heterocycles. The van der Waals surface area contributed by atoms with E-state index in [2.05, 4.69) is 32.2 Å². The molecule has 0 saturated carbocycles. The Hall–Kier alpha value is -1.89. The minimum atomic E-state index is 0.262. The smallest absolute Gasteiger partial charge is 0.245 e. The molecule has 1 aliphatic rings. The topological polar surface area (TPSA) is 96.9 Å². The molecule has 1 saturated heterocycles. The Kier molecular flexibility index (Phi) is 3.43. The van der Waals surface area contributed by atoms with Crippen LogP contribution in [0.25, 0.3) is 11.5 Å². The first kappa shape index (κ1) is 13.1. The van der Waals surface area contributed by atoms with Crippen molar-refractivity contribution in [2.24, 2.45) is 11.7 Å². The van der Waals surface area contributed by atoms with Gasteiger partial charge in [0.05, 0.1) is 0 Å². The Balaban J connectivity index is 1.69. The number of hydrogen-bond donors (Lipinski definition) is 2. The Morgan fingerprint density at radius 1 is 1.45 bits per heavy atom. The maximum Gasteiger partial charge on any atom is 0.245 e. The van der Waals surface area contributed by atoms with Crippen LogP contribution in [-0.4, -0.2) is 39.5 Å². The summed E-state index contributed by atoms with van der Waals surface area (Å²) < 4.78 is 5.05. The molecule has 3 heterocycles. The predicted molar refractivity (Wildman–Crippen MR) is 75.2 cm³/mol. The molecule has 3 N–H and O–H groups in total. The lowest BCUT2D eigenvalue weighted by atomic mass is 9.91. The minimum Gasteiger partial charge on any atom is -0.361 e. The molecular formula is C13H20N6O. The van der Waals surface area contributed by atoms with E-state index in [4.69, 9.17) is 10.3 Å². The average molecular weight is 276 g/mol. The highest BCUT2D eigenvalue weighted by Gasteiger charge is 2.24. The van der Waals surface area contributed by atoms with Crippen LogP contribution in [0.1, 0.15) is 25.5 Å². The van der Waals surface area contributed by atoms with Gasteiger partial charge in [-0.15, -0.1) is 5.10 Å². The summed E-state index contributed by atoms with van der Waals surface area (Å²) in [6.07, 6.45) is 2.18. The Morgan fingerprint density at radius 3 is 2.80 bits per heavy atom. The van der Waals surface area contributed by atoms with Crippen LogP contribution in [0, 0.1) is 12.8 Å². The second-order valence-corrected chi connectivity index (χ2v) is 5.49. The third kappa shape index (κ3) is 2.53. The predicted octanol–water partition coefficient (Wildman–Crippen LogP) is 1.33. The monoisotopic (exact) mass is 276 g/mol. The summed E-state index contributed by atoms with van der Waals surface area (Å²) >= 11 is 0. The van der Waals surface area contributed by atoms with E-state index in [1.807, 2.05) is 13.0 Å². The van der Waals surface area contributed by atoms with E-state index < -0.39 is 0 Å². The number of nitrogens with zero attached hydrogens (tertiary/aromatic N) is 4. The highest BCUT2D eigenvalue weighted by atomic mass is 16.5. The van der Waals surface area contributed by atoms with E-state index in [0.717, 1.165) is 37.6 Å². The molecule has 0 radical (unpaired) electrons. The molecular weight excluding hydrogens is 256 g/mol. The van der Waals surface area contributed by atoms with Gasteiger partial charge in [0.15, 0.2) is 11.5 Å². The van der Waals surface area contributed by atoms with Crippen molar-refractivity contribution in [3.63, 3.8) is 0 Å². The van der Waals surface area contributed by atoms with Crippen LogP contribution < -0.4 is 10.6 Å². The van der Waals surface area contributed by atoms with Gasteiger partial charge in [0.2, 0.25) is 5.95 Å². The van der Waals surface area contributed by atoms with Crippen molar-refractivity contribution >= 4 is 5.95 Å². The number of nitrogens with one attached hydrogen (secondary N) is 1. The van der Waals surface area contributed by atoms with E-state index in [1.54, 1.807) is 0 Å². The van der Waals surface area contributed by atoms with Crippen LogP contribution >= 0.6 is 0 Å². The summed E-state index contributed by atoms with van der Waals surface area (Å²) in [4.78, 5) is 6.68. The van der Waals surface area contributed by atoms with Crippen LogP contribution in [0.15, 0.2) is 10.6 Å². The van der Waals surface area contributed by atoms with Gasteiger partial charge in [0.25, 0.3) is 0 Å². The number of nitrogens with two attached hydrogens (primary N) is 1. The van der Waals surface area contributed by atoms with Crippen molar-refractivity contribution in [2.45, 2.75) is 32.7 Å². The second-order valence-electron chi connectivity index (χ2n) is 5.49. The zero-order chi connectivity index (χ0) is 14.1. The number of rotatable bonds is 3. The van der Waals surface area contributed by atoms with Crippen LogP contribution in [0.5, 0.6) is 0 Å². The summed E-state index contributed by atoms with van der Waals surface area (Å²) in [5.74, 6) is 2.73. The van der Waals surface area contributed by atoms with Crippen molar-refractivity contribution in [1.29, 1.82) is 0 Å². The van der Waals surface area contributed by atoms with Gasteiger partial charge in [-0.25, -0.2) is 0 Å².